The number of carbonyl (C=O) groups is 2. The van der Waals surface area contributed by atoms with Crippen molar-refractivity contribution in [3.63, 3.8) is 0 Å². The maximum atomic E-state index is 12.8. The Kier molecular flexibility index (Phi) is 2.97. The second-order valence-corrected chi connectivity index (χ2v) is 5.91. The number of benzene rings is 1. The van der Waals surface area contributed by atoms with Gasteiger partial charge in [0.05, 0.1) is 11.7 Å². The molecule has 0 bridgehead atoms. The molecular weight excluding hydrogens is 268 g/mol. The lowest BCUT2D eigenvalue weighted by molar-refractivity contribution is -0.144. The molecule has 1 N–H and O–H groups in total. The van der Waals surface area contributed by atoms with Gasteiger partial charge in [-0.1, -0.05) is 6.07 Å². The summed E-state index contributed by atoms with van der Waals surface area (Å²) in [5.74, 6) is -0.164. The number of hydrogen-bond donors (Lipinski definition) is 1. The second kappa shape index (κ2) is 4.58. The number of hydrogen-bond acceptors (Lipinski definition) is 3. The van der Waals surface area contributed by atoms with E-state index >= 15 is 0 Å². The van der Waals surface area contributed by atoms with Crippen LogP contribution in [0.3, 0.4) is 0 Å². The van der Waals surface area contributed by atoms with Crippen LogP contribution in [-0.4, -0.2) is 57.5 Å². The molecule has 1 fully saturated rings. The molecule has 0 atom stereocenters. The predicted octanol–water partition coefficient (Wildman–Crippen LogP) is 1.26. The van der Waals surface area contributed by atoms with Crippen molar-refractivity contribution in [2.45, 2.75) is 19.4 Å². The summed E-state index contributed by atoms with van der Waals surface area (Å²) in [6.45, 7) is 4.67. The van der Waals surface area contributed by atoms with E-state index in [0.29, 0.717) is 18.7 Å². The van der Waals surface area contributed by atoms with Crippen molar-refractivity contribution in [3.8, 4) is 0 Å². The topological polar surface area (TPSA) is 69.3 Å². The lowest BCUT2D eigenvalue weighted by Gasteiger charge is -2.44. The first-order chi connectivity index (χ1) is 9.91. The third kappa shape index (κ3) is 2.07. The number of aromatic amines is 1. The summed E-state index contributed by atoms with van der Waals surface area (Å²) in [5, 5.41) is 7.77. The molecule has 1 aromatic heterocycles. The minimum absolute atomic E-state index is 0.0373. The SMILES string of the molecule is CN1CCN(C(=O)c2ccc3cn[nH]c3c2)C(C)(C)C1=O. The van der Waals surface area contributed by atoms with Crippen LogP contribution in [0, 0.1) is 0 Å². The molecular formula is C15H18N4O2. The molecule has 0 saturated carbocycles. The highest BCUT2D eigenvalue weighted by Crippen LogP contribution is 2.24. The Hall–Kier alpha value is -2.37. The van der Waals surface area contributed by atoms with Crippen LogP contribution in [0.5, 0.6) is 0 Å². The standard InChI is InChI=1S/C15H18N4O2/c1-15(2)14(21)18(3)6-7-19(15)13(20)10-4-5-11-9-16-17-12(11)8-10/h4-5,8-9H,6-7H2,1-3H3,(H,16,17). The van der Waals surface area contributed by atoms with Crippen LogP contribution in [0.15, 0.2) is 24.4 Å². The Morgan fingerprint density at radius 2 is 2.10 bits per heavy atom. The molecule has 6 nitrogen and oxygen atoms in total. The minimum Gasteiger partial charge on any atom is -0.342 e. The summed E-state index contributed by atoms with van der Waals surface area (Å²) in [7, 11) is 1.77. The van der Waals surface area contributed by atoms with E-state index in [2.05, 4.69) is 10.2 Å². The van der Waals surface area contributed by atoms with Gasteiger partial charge in [0.1, 0.15) is 5.54 Å². The third-order valence-corrected chi connectivity index (χ3v) is 4.14. The Balaban J connectivity index is 1.95. The van der Waals surface area contributed by atoms with Gasteiger partial charge in [0.2, 0.25) is 5.91 Å². The monoisotopic (exact) mass is 286 g/mol. The quantitative estimate of drug-likeness (QED) is 0.858. The lowest BCUT2D eigenvalue weighted by atomic mass is 9.96. The molecule has 1 aromatic carbocycles. The predicted molar refractivity (Wildman–Crippen MR) is 78.8 cm³/mol. The van der Waals surface area contributed by atoms with Crippen molar-refractivity contribution in [1.82, 2.24) is 20.0 Å². The van der Waals surface area contributed by atoms with Crippen LogP contribution in [-0.2, 0) is 4.79 Å². The highest BCUT2D eigenvalue weighted by molar-refractivity contribution is 6.01. The second-order valence-electron chi connectivity index (χ2n) is 5.91. The molecule has 1 aliphatic rings. The molecule has 1 aliphatic heterocycles. The Labute approximate surface area is 122 Å². The van der Waals surface area contributed by atoms with Gasteiger partial charge >= 0.3 is 0 Å². The van der Waals surface area contributed by atoms with Gasteiger partial charge in [0.15, 0.2) is 0 Å². The summed E-state index contributed by atoms with van der Waals surface area (Å²) in [6, 6.07) is 5.42. The van der Waals surface area contributed by atoms with Gasteiger partial charge in [-0.3, -0.25) is 14.7 Å². The number of nitrogens with one attached hydrogen (secondary N) is 1. The molecule has 21 heavy (non-hydrogen) atoms. The number of rotatable bonds is 1. The van der Waals surface area contributed by atoms with E-state index in [1.165, 1.54) is 0 Å². The number of nitrogens with zero attached hydrogens (tertiary/aromatic N) is 3. The molecule has 0 aliphatic carbocycles. The normalized spacial score (nSPS) is 18.3. The molecule has 3 rings (SSSR count). The van der Waals surface area contributed by atoms with E-state index < -0.39 is 5.54 Å². The fraction of sp³-hybridized carbons (Fsp3) is 0.400. The Morgan fingerprint density at radius 3 is 2.86 bits per heavy atom. The Morgan fingerprint density at radius 1 is 1.33 bits per heavy atom. The number of aromatic nitrogens is 2. The van der Waals surface area contributed by atoms with E-state index in [4.69, 9.17) is 0 Å². The molecule has 2 heterocycles. The van der Waals surface area contributed by atoms with Crippen molar-refractivity contribution in [3.05, 3.63) is 30.0 Å². The molecule has 2 aromatic rings. The molecule has 0 unspecified atom stereocenters. The van der Waals surface area contributed by atoms with Crippen LogP contribution in [0.1, 0.15) is 24.2 Å². The highest BCUT2D eigenvalue weighted by atomic mass is 16.2. The van der Waals surface area contributed by atoms with Gasteiger partial charge in [0.25, 0.3) is 5.91 Å². The van der Waals surface area contributed by atoms with E-state index in [1.807, 2.05) is 6.07 Å². The number of likely N-dealkylation sites (N-methyl/N-ethyl adjacent to an activating group) is 1. The van der Waals surface area contributed by atoms with E-state index in [9.17, 15) is 9.59 Å². The molecule has 0 spiro atoms. The summed E-state index contributed by atoms with van der Waals surface area (Å²) < 4.78 is 0. The molecule has 110 valence electrons. The number of amides is 2. The first-order valence-electron chi connectivity index (χ1n) is 6.92. The summed E-state index contributed by atoms with van der Waals surface area (Å²) >= 11 is 0. The van der Waals surface area contributed by atoms with Crippen molar-refractivity contribution >= 4 is 22.7 Å². The van der Waals surface area contributed by atoms with Gasteiger partial charge in [-0.15, -0.1) is 0 Å². The number of piperazine rings is 1. The maximum Gasteiger partial charge on any atom is 0.254 e. The molecule has 1 saturated heterocycles. The fourth-order valence-corrected chi connectivity index (χ4v) is 2.79. The maximum absolute atomic E-state index is 12.8. The third-order valence-electron chi connectivity index (χ3n) is 4.14. The van der Waals surface area contributed by atoms with Gasteiger partial charge in [-0.25, -0.2) is 0 Å². The summed E-state index contributed by atoms with van der Waals surface area (Å²) in [6.07, 6.45) is 1.72. The zero-order valence-corrected chi connectivity index (χ0v) is 12.4. The Bertz CT molecular complexity index is 719. The average Bonchev–Trinajstić information content (AvgIpc) is 2.91. The minimum atomic E-state index is -0.826. The van der Waals surface area contributed by atoms with Gasteiger partial charge in [-0.05, 0) is 26.0 Å². The van der Waals surface area contributed by atoms with E-state index in [0.717, 1.165) is 10.9 Å². The van der Waals surface area contributed by atoms with Crippen LogP contribution >= 0.6 is 0 Å². The van der Waals surface area contributed by atoms with Crippen LogP contribution in [0.2, 0.25) is 0 Å². The zero-order chi connectivity index (χ0) is 15.2. The van der Waals surface area contributed by atoms with Gasteiger partial charge in [-0.2, -0.15) is 5.10 Å². The van der Waals surface area contributed by atoms with Crippen LogP contribution in [0.25, 0.3) is 10.9 Å². The van der Waals surface area contributed by atoms with E-state index in [-0.39, 0.29) is 11.8 Å². The first-order valence-corrected chi connectivity index (χ1v) is 6.92. The average molecular weight is 286 g/mol. The lowest BCUT2D eigenvalue weighted by Crippen LogP contribution is -2.63. The number of H-pyrrole nitrogens is 1. The highest BCUT2D eigenvalue weighted by Gasteiger charge is 2.43. The van der Waals surface area contributed by atoms with E-state index in [1.54, 1.807) is 49.0 Å². The smallest absolute Gasteiger partial charge is 0.254 e. The van der Waals surface area contributed by atoms with Crippen LogP contribution in [0.4, 0.5) is 0 Å². The number of carbonyl (C=O) groups excluding carboxylic acids is 2. The summed E-state index contributed by atoms with van der Waals surface area (Å²) in [5.41, 5.74) is 0.559. The van der Waals surface area contributed by atoms with Crippen molar-refractivity contribution in [2.24, 2.45) is 0 Å². The van der Waals surface area contributed by atoms with Gasteiger partial charge in [0, 0.05) is 31.1 Å². The largest absolute Gasteiger partial charge is 0.342 e. The van der Waals surface area contributed by atoms with Crippen molar-refractivity contribution < 1.29 is 9.59 Å². The molecule has 2 amide bonds. The summed E-state index contributed by atoms with van der Waals surface area (Å²) in [4.78, 5) is 28.3. The van der Waals surface area contributed by atoms with Crippen LogP contribution < -0.4 is 0 Å². The van der Waals surface area contributed by atoms with Gasteiger partial charge < -0.3 is 9.80 Å². The van der Waals surface area contributed by atoms with Crippen molar-refractivity contribution in [2.75, 3.05) is 20.1 Å². The fourth-order valence-electron chi connectivity index (χ4n) is 2.79. The zero-order valence-electron chi connectivity index (χ0n) is 12.4. The molecule has 0 radical (unpaired) electrons. The number of fused-ring (bicyclic) bond motifs is 1. The molecule has 6 heteroatoms. The first kappa shape index (κ1) is 13.6. The van der Waals surface area contributed by atoms with Crippen molar-refractivity contribution in [1.29, 1.82) is 0 Å².